The van der Waals surface area contributed by atoms with Crippen molar-refractivity contribution in [1.29, 1.82) is 0 Å². The normalized spacial score (nSPS) is 18.0. The van der Waals surface area contributed by atoms with Gasteiger partial charge in [0.15, 0.2) is 0 Å². The molecule has 1 fully saturated rings. The minimum absolute atomic E-state index is 0.0323. The summed E-state index contributed by atoms with van der Waals surface area (Å²) in [5.74, 6) is 0.823. The van der Waals surface area contributed by atoms with Crippen LogP contribution in [0.2, 0.25) is 0 Å². The van der Waals surface area contributed by atoms with E-state index in [1.807, 2.05) is 74.5 Å². The Labute approximate surface area is 213 Å². The topological polar surface area (TPSA) is 71.4 Å². The molecule has 0 bridgehead atoms. The molecule has 7 heteroatoms. The minimum Gasteiger partial charge on any atom is -0.383 e. The molecule has 188 valence electrons. The number of hydrogen-bond acceptors (Lipinski definition) is 4. The van der Waals surface area contributed by atoms with E-state index in [9.17, 15) is 4.79 Å². The third-order valence-corrected chi connectivity index (χ3v) is 6.58. The molecule has 2 unspecified atom stereocenters. The Balaban J connectivity index is 1.58. The molecule has 0 radical (unpaired) electrons. The lowest BCUT2D eigenvalue weighted by Gasteiger charge is -2.21. The van der Waals surface area contributed by atoms with Crippen molar-refractivity contribution < 1.29 is 9.53 Å². The number of amides is 2. The Bertz CT molecular complexity index is 1200. The molecular formula is C29H35N5O2. The zero-order valence-electron chi connectivity index (χ0n) is 21.3. The quantitative estimate of drug-likeness (QED) is 0.418. The number of nitrogens with one attached hydrogen (secondary N) is 2. The van der Waals surface area contributed by atoms with E-state index in [-0.39, 0.29) is 18.0 Å². The molecule has 1 aromatic heterocycles. The van der Waals surface area contributed by atoms with Gasteiger partial charge in [0.1, 0.15) is 5.82 Å². The van der Waals surface area contributed by atoms with E-state index in [4.69, 9.17) is 9.84 Å². The fourth-order valence-electron chi connectivity index (χ4n) is 4.77. The zero-order valence-corrected chi connectivity index (χ0v) is 21.3. The fraction of sp³-hybridized carbons (Fsp3) is 0.310. The maximum atomic E-state index is 13.4. The molecule has 1 aliphatic rings. The molecule has 0 saturated carbocycles. The summed E-state index contributed by atoms with van der Waals surface area (Å²) in [6.45, 7) is 11.2. The largest absolute Gasteiger partial charge is 0.383 e. The van der Waals surface area contributed by atoms with Crippen LogP contribution in [-0.4, -0.2) is 60.1 Å². The zero-order chi connectivity index (χ0) is 25.5. The second-order valence-electron chi connectivity index (χ2n) is 9.07. The first kappa shape index (κ1) is 25.4. The second-order valence-corrected chi connectivity index (χ2v) is 9.07. The Morgan fingerprint density at radius 2 is 1.83 bits per heavy atom. The van der Waals surface area contributed by atoms with E-state index < -0.39 is 0 Å². The van der Waals surface area contributed by atoms with Crippen LogP contribution in [0.5, 0.6) is 0 Å². The van der Waals surface area contributed by atoms with Crippen LogP contribution in [0, 0.1) is 6.92 Å². The van der Waals surface area contributed by atoms with Gasteiger partial charge in [-0.3, -0.25) is 10.2 Å². The molecule has 36 heavy (non-hydrogen) atoms. The number of nitrogens with zero attached hydrogens (tertiary/aromatic N) is 3. The lowest BCUT2D eigenvalue weighted by atomic mass is 9.94. The first-order valence-electron chi connectivity index (χ1n) is 12.3. The summed E-state index contributed by atoms with van der Waals surface area (Å²) in [6.07, 6.45) is 3.86. The smallest absolute Gasteiger partial charge is 0.320 e. The van der Waals surface area contributed by atoms with Crippen LogP contribution >= 0.6 is 0 Å². The van der Waals surface area contributed by atoms with Crippen molar-refractivity contribution in [2.24, 2.45) is 0 Å². The molecule has 4 rings (SSSR count). The molecule has 3 aromatic rings. The third-order valence-electron chi connectivity index (χ3n) is 6.58. The van der Waals surface area contributed by atoms with E-state index in [1.165, 1.54) is 5.56 Å². The number of anilines is 1. The number of carbonyl (C=O) groups is 1. The molecule has 1 aliphatic heterocycles. The predicted molar refractivity (Wildman–Crippen MR) is 146 cm³/mol. The summed E-state index contributed by atoms with van der Waals surface area (Å²) < 4.78 is 7.06. The Hall–Kier alpha value is -3.68. The van der Waals surface area contributed by atoms with Crippen LogP contribution in [0.4, 0.5) is 10.6 Å². The van der Waals surface area contributed by atoms with E-state index in [2.05, 4.69) is 34.2 Å². The van der Waals surface area contributed by atoms with E-state index in [0.29, 0.717) is 12.4 Å². The number of rotatable bonds is 9. The number of benzene rings is 2. The number of aromatic nitrogens is 2. The molecule has 2 atom stereocenters. The average molecular weight is 486 g/mol. The van der Waals surface area contributed by atoms with Crippen molar-refractivity contribution in [1.82, 2.24) is 20.0 Å². The third kappa shape index (κ3) is 5.75. The highest BCUT2D eigenvalue weighted by Gasteiger charge is 2.35. The first-order valence-corrected chi connectivity index (χ1v) is 12.3. The van der Waals surface area contributed by atoms with Crippen LogP contribution in [0.3, 0.4) is 0 Å². The van der Waals surface area contributed by atoms with Crippen molar-refractivity contribution in [3.63, 3.8) is 0 Å². The lowest BCUT2D eigenvalue weighted by Crippen LogP contribution is -2.42. The van der Waals surface area contributed by atoms with Gasteiger partial charge in [-0.15, -0.1) is 0 Å². The van der Waals surface area contributed by atoms with Gasteiger partial charge in [-0.05, 0) is 37.1 Å². The number of urea groups is 1. The number of likely N-dealkylation sites (tertiary alicyclic amines) is 1. The summed E-state index contributed by atoms with van der Waals surface area (Å²) >= 11 is 0. The van der Waals surface area contributed by atoms with Crippen LogP contribution in [-0.2, 0) is 4.74 Å². The summed E-state index contributed by atoms with van der Waals surface area (Å²) in [4.78, 5) is 15.7. The van der Waals surface area contributed by atoms with Crippen LogP contribution in [0.1, 0.15) is 29.7 Å². The lowest BCUT2D eigenvalue weighted by molar-refractivity contribution is 0.159. The van der Waals surface area contributed by atoms with Gasteiger partial charge in [0, 0.05) is 38.2 Å². The van der Waals surface area contributed by atoms with E-state index in [1.54, 1.807) is 11.8 Å². The highest BCUT2D eigenvalue weighted by Crippen LogP contribution is 2.29. The van der Waals surface area contributed by atoms with Gasteiger partial charge in [0.05, 0.1) is 24.0 Å². The fourth-order valence-corrected chi connectivity index (χ4v) is 4.77. The van der Waals surface area contributed by atoms with Gasteiger partial charge in [-0.1, -0.05) is 67.3 Å². The van der Waals surface area contributed by atoms with Gasteiger partial charge < -0.3 is 10.1 Å². The summed E-state index contributed by atoms with van der Waals surface area (Å²) in [5, 5.41) is 11.1. The van der Waals surface area contributed by atoms with E-state index in [0.717, 1.165) is 42.2 Å². The SMILES string of the molecule is C=C(C=CC)c1nn(-c2ccccc2)c(NC(=O)NC2CN(CCOC)CC2c2ccccc2)c1C. The Morgan fingerprint density at radius 1 is 1.14 bits per heavy atom. The monoisotopic (exact) mass is 485 g/mol. The highest BCUT2D eigenvalue weighted by atomic mass is 16.5. The average Bonchev–Trinajstić information content (AvgIpc) is 3.44. The van der Waals surface area contributed by atoms with Crippen LogP contribution in [0.25, 0.3) is 11.3 Å². The Morgan fingerprint density at radius 3 is 2.50 bits per heavy atom. The number of para-hydroxylation sites is 1. The molecule has 1 saturated heterocycles. The molecule has 0 spiro atoms. The molecule has 2 heterocycles. The maximum absolute atomic E-state index is 13.4. The highest BCUT2D eigenvalue weighted by molar-refractivity contribution is 5.91. The van der Waals surface area contributed by atoms with Crippen molar-refractivity contribution >= 4 is 17.4 Å². The maximum Gasteiger partial charge on any atom is 0.320 e. The van der Waals surface area contributed by atoms with Gasteiger partial charge in [-0.2, -0.15) is 5.10 Å². The van der Waals surface area contributed by atoms with Crippen molar-refractivity contribution in [3.8, 4) is 5.69 Å². The van der Waals surface area contributed by atoms with Gasteiger partial charge in [0.2, 0.25) is 0 Å². The minimum atomic E-state index is -0.252. The molecular weight excluding hydrogens is 450 g/mol. The standard InChI is InChI=1S/C29H35N5O2/c1-5-12-21(2)27-22(3)28(34(32-27)24-15-10-7-11-16-24)31-29(35)30-26-20-33(17-18-36-4)19-25(26)23-13-8-6-9-14-23/h5-16,25-26H,2,17-20H2,1,3-4H3,(H2,30,31,35). The summed E-state index contributed by atoms with van der Waals surface area (Å²) in [7, 11) is 1.71. The van der Waals surface area contributed by atoms with Gasteiger partial charge >= 0.3 is 6.03 Å². The second kappa shape index (κ2) is 11.8. The van der Waals surface area contributed by atoms with Crippen molar-refractivity contribution in [2.75, 3.05) is 38.7 Å². The summed E-state index contributed by atoms with van der Waals surface area (Å²) in [6, 6.07) is 19.9. The van der Waals surface area contributed by atoms with Crippen molar-refractivity contribution in [3.05, 3.63) is 96.2 Å². The van der Waals surface area contributed by atoms with Crippen molar-refractivity contribution in [2.45, 2.75) is 25.8 Å². The molecule has 2 aromatic carbocycles. The molecule has 0 aliphatic carbocycles. The van der Waals surface area contributed by atoms with E-state index >= 15 is 0 Å². The Kier molecular flexibility index (Phi) is 8.36. The predicted octanol–water partition coefficient (Wildman–Crippen LogP) is 5.01. The van der Waals surface area contributed by atoms with Crippen LogP contribution in [0.15, 0.2) is 79.4 Å². The van der Waals surface area contributed by atoms with Gasteiger partial charge in [0.25, 0.3) is 0 Å². The number of hydrogen-bond donors (Lipinski definition) is 2. The number of methoxy groups -OCH3 is 1. The molecule has 7 nitrogen and oxygen atoms in total. The molecule has 2 amide bonds. The number of allylic oxidation sites excluding steroid dienone is 3. The van der Waals surface area contributed by atoms with Crippen LogP contribution < -0.4 is 10.6 Å². The summed E-state index contributed by atoms with van der Waals surface area (Å²) in [5.41, 5.74) is 4.50. The molecule has 2 N–H and O–H groups in total. The number of ether oxygens (including phenoxy) is 1. The number of carbonyl (C=O) groups excluding carboxylic acids is 1. The van der Waals surface area contributed by atoms with Gasteiger partial charge in [-0.25, -0.2) is 9.48 Å². The first-order chi connectivity index (χ1) is 17.5.